The average molecular weight is 406 g/mol. The van der Waals surface area contributed by atoms with E-state index in [0.29, 0.717) is 64.7 Å². The van der Waals surface area contributed by atoms with Crippen LogP contribution in [0.2, 0.25) is 0 Å². The molecule has 1 rings (SSSR count). The van der Waals surface area contributed by atoms with E-state index in [4.69, 9.17) is 31.5 Å². The third kappa shape index (κ3) is 12.9. The third-order valence-corrected chi connectivity index (χ3v) is 4.48. The first-order valence-electron chi connectivity index (χ1n) is 9.81. The first kappa shape index (κ1) is 24.0. The maximum atomic E-state index is 11.8. The quantitative estimate of drug-likeness (QED) is 0.203. The molecule has 0 aromatic carbocycles. The second-order valence-electron chi connectivity index (χ2n) is 6.52. The second-order valence-corrected chi connectivity index (χ2v) is 6.93. The van der Waals surface area contributed by atoms with Crippen LogP contribution in [0.25, 0.3) is 0 Å². The van der Waals surface area contributed by atoms with Crippen LogP contribution in [0.3, 0.4) is 0 Å². The lowest BCUT2D eigenvalue weighted by Gasteiger charge is -2.14. The van der Waals surface area contributed by atoms with Gasteiger partial charge < -0.3 is 35.3 Å². The van der Waals surface area contributed by atoms with Gasteiger partial charge in [0.05, 0.1) is 46.2 Å². The van der Waals surface area contributed by atoms with Crippen LogP contribution in [0.4, 0.5) is 0 Å². The van der Waals surface area contributed by atoms with Crippen molar-refractivity contribution in [1.29, 1.82) is 0 Å². The van der Waals surface area contributed by atoms with Gasteiger partial charge >= 0.3 is 0 Å². The molecule has 4 N–H and O–H groups in total. The van der Waals surface area contributed by atoms with E-state index in [1.807, 2.05) is 0 Å². The van der Waals surface area contributed by atoms with E-state index in [2.05, 4.69) is 22.9 Å². The SMILES string of the molecule is C[C@@H]1NC(=S)N[C@@H]1CCCCCC(=O)NCCOCCOCCOCCO. The first-order chi connectivity index (χ1) is 13.1. The lowest BCUT2D eigenvalue weighted by atomic mass is 10.0. The van der Waals surface area contributed by atoms with Crippen LogP contribution >= 0.6 is 12.2 Å². The summed E-state index contributed by atoms with van der Waals surface area (Å²) in [6, 6.07) is 0.784. The Labute approximate surface area is 167 Å². The van der Waals surface area contributed by atoms with E-state index in [1.165, 1.54) is 0 Å². The zero-order chi connectivity index (χ0) is 19.7. The van der Waals surface area contributed by atoms with Crippen molar-refractivity contribution in [3.63, 3.8) is 0 Å². The minimum absolute atomic E-state index is 0.0267. The minimum Gasteiger partial charge on any atom is -0.394 e. The van der Waals surface area contributed by atoms with Gasteiger partial charge in [-0.25, -0.2) is 0 Å². The molecular formula is C18H35N3O5S. The number of thiocarbonyl (C=S) groups is 1. The number of aliphatic hydroxyl groups excluding tert-OH is 1. The van der Waals surface area contributed by atoms with E-state index in [1.54, 1.807) is 0 Å². The largest absolute Gasteiger partial charge is 0.394 e. The van der Waals surface area contributed by atoms with Gasteiger partial charge in [0.2, 0.25) is 5.91 Å². The summed E-state index contributed by atoms with van der Waals surface area (Å²) >= 11 is 5.10. The van der Waals surface area contributed by atoms with Crippen LogP contribution in [-0.2, 0) is 19.0 Å². The molecule has 1 aliphatic heterocycles. The lowest BCUT2D eigenvalue weighted by molar-refractivity contribution is -0.121. The average Bonchev–Trinajstić information content (AvgIpc) is 2.96. The predicted octanol–water partition coefficient (Wildman–Crippen LogP) is 0.330. The van der Waals surface area contributed by atoms with Gasteiger partial charge in [-0.05, 0) is 32.0 Å². The van der Waals surface area contributed by atoms with Crippen molar-refractivity contribution in [1.82, 2.24) is 16.0 Å². The van der Waals surface area contributed by atoms with Gasteiger partial charge in [-0.1, -0.05) is 12.8 Å². The fourth-order valence-electron chi connectivity index (χ4n) is 2.75. The molecule has 0 unspecified atom stereocenters. The number of hydrogen-bond acceptors (Lipinski definition) is 6. The van der Waals surface area contributed by atoms with Gasteiger partial charge in [0, 0.05) is 25.0 Å². The van der Waals surface area contributed by atoms with Crippen molar-refractivity contribution >= 4 is 23.2 Å². The molecule has 0 aromatic heterocycles. The number of ether oxygens (including phenoxy) is 3. The molecule has 0 aliphatic carbocycles. The topological polar surface area (TPSA) is 101 Å². The first-order valence-corrected chi connectivity index (χ1v) is 10.2. The summed E-state index contributed by atoms with van der Waals surface area (Å²) in [5.74, 6) is 0.0751. The highest BCUT2D eigenvalue weighted by Crippen LogP contribution is 2.11. The summed E-state index contributed by atoms with van der Waals surface area (Å²) in [4.78, 5) is 11.8. The van der Waals surface area contributed by atoms with Crippen LogP contribution in [0.15, 0.2) is 0 Å². The zero-order valence-electron chi connectivity index (χ0n) is 16.3. The fraction of sp³-hybridized carbons (Fsp3) is 0.889. The standard InChI is InChI=1S/C18H35N3O5S/c1-15-16(21-18(27)20-15)5-3-2-4-6-17(23)19-7-9-24-11-13-26-14-12-25-10-8-22/h15-16,22H,2-14H2,1H3,(H,19,23)(H2,20,21,27)/t15-,16+/m0/s1. The van der Waals surface area contributed by atoms with Gasteiger partial charge in [-0.3, -0.25) is 4.79 Å². The number of carbonyl (C=O) groups is 1. The molecule has 0 bridgehead atoms. The molecule has 1 heterocycles. The molecule has 2 atom stereocenters. The maximum Gasteiger partial charge on any atom is 0.220 e. The summed E-state index contributed by atoms with van der Waals surface area (Å²) in [7, 11) is 0. The summed E-state index contributed by atoms with van der Waals surface area (Å²) in [6.07, 6.45) is 4.66. The summed E-state index contributed by atoms with van der Waals surface area (Å²) in [5.41, 5.74) is 0. The van der Waals surface area contributed by atoms with E-state index in [0.717, 1.165) is 30.8 Å². The van der Waals surface area contributed by atoms with Crippen LogP contribution in [0.5, 0.6) is 0 Å². The van der Waals surface area contributed by atoms with Crippen molar-refractivity contribution in [2.45, 2.75) is 51.1 Å². The van der Waals surface area contributed by atoms with Crippen molar-refractivity contribution in [2.24, 2.45) is 0 Å². The van der Waals surface area contributed by atoms with Crippen molar-refractivity contribution < 1.29 is 24.1 Å². The molecule has 1 amide bonds. The van der Waals surface area contributed by atoms with Gasteiger partial charge in [-0.2, -0.15) is 0 Å². The van der Waals surface area contributed by atoms with Gasteiger partial charge in [0.25, 0.3) is 0 Å². The molecule has 0 spiro atoms. The molecule has 0 aromatic rings. The van der Waals surface area contributed by atoms with E-state index >= 15 is 0 Å². The van der Waals surface area contributed by atoms with Gasteiger partial charge in [-0.15, -0.1) is 0 Å². The highest BCUT2D eigenvalue weighted by atomic mass is 32.1. The smallest absolute Gasteiger partial charge is 0.220 e. The lowest BCUT2D eigenvalue weighted by Crippen LogP contribution is -2.30. The Hall–Kier alpha value is -1.00. The summed E-state index contributed by atoms with van der Waals surface area (Å²) in [5, 5.41) is 18.6. The van der Waals surface area contributed by atoms with Crippen molar-refractivity contribution in [3.05, 3.63) is 0 Å². The number of carbonyl (C=O) groups excluding carboxylic acids is 1. The number of nitrogens with one attached hydrogen (secondary N) is 3. The van der Waals surface area contributed by atoms with Gasteiger partial charge in [0.15, 0.2) is 5.11 Å². The van der Waals surface area contributed by atoms with Crippen LogP contribution < -0.4 is 16.0 Å². The number of hydrogen-bond donors (Lipinski definition) is 4. The molecule has 0 saturated carbocycles. The zero-order valence-corrected chi connectivity index (χ0v) is 17.2. The molecule has 27 heavy (non-hydrogen) atoms. The molecule has 0 radical (unpaired) electrons. The Morgan fingerprint density at radius 1 is 1.04 bits per heavy atom. The minimum atomic E-state index is 0.0267. The highest BCUT2D eigenvalue weighted by molar-refractivity contribution is 7.80. The monoisotopic (exact) mass is 405 g/mol. The van der Waals surface area contributed by atoms with E-state index in [9.17, 15) is 4.79 Å². The molecule has 158 valence electrons. The number of aliphatic hydroxyl groups is 1. The summed E-state index contributed by atoms with van der Waals surface area (Å²) in [6.45, 7) is 5.43. The maximum absolute atomic E-state index is 11.8. The van der Waals surface area contributed by atoms with Crippen molar-refractivity contribution in [2.75, 3.05) is 52.8 Å². The Morgan fingerprint density at radius 2 is 1.70 bits per heavy atom. The third-order valence-electron chi connectivity index (χ3n) is 4.25. The van der Waals surface area contributed by atoms with Crippen LogP contribution in [0.1, 0.15) is 39.0 Å². The molecule has 1 fully saturated rings. The Balaban J connectivity index is 1.80. The van der Waals surface area contributed by atoms with E-state index in [-0.39, 0.29) is 12.5 Å². The number of unbranched alkanes of at least 4 members (excludes halogenated alkanes) is 2. The molecule has 1 aliphatic rings. The molecular weight excluding hydrogens is 370 g/mol. The van der Waals surface area contributed by atoms with Crippen LogP contribution in [0, 0.1) is 0 Å². The Bertz CT molecular complexity index is 414. The fourth-order valence-corrected chi connectivity index (χ4v) is 3.09. The van der Waals surface area contributed by atoms with Crippen molar-refractivity contribution in [3.8, 4) is 0 Å². The molecule has 9 heteroatoms. The molecule has 8 nitrogen and oxygen atoms in total. The Kier molecular flexibility index (Phi) is 14.2. The number of amides is 1. The normalized spacial score (nSPS) is 19.0. The predicted molar refractivity (Wildman–Crippen MR) is 108 cm³/mol. The molecule has 1 saturated heterocycles. The second kappa shape index (κ2) is 16.0. The van der Waals surface area contributed by atoms with Crippen LogP contribution in [-0.4, -0.2) is 81.0 Å². The van der Waals surface area contributed by atoms with E-state index < -0.39 is 0 Å². The number of rotatable bonds is 17. The highest BCUT2D eigenvalue weighted by Gasteiger charge is 2.24. The Morgan fingerprint density at radius 3 is 2.33 bits per heavy atom. The van der Waals surface area contributed by atoms with Gasteiger partial charge in [0.1, 0.15) is 0 Å². The summed E-state index contributed by atoms with van der Waals surface area (Å²) < 4.78 is 15.7.